The molecule has 0 saturated carbocycles. The predicted octanol–water partition coefficient (Wildman–Crippen LogP) is 0.966. The average molecular weight is 277 g/mol. The van der Waals surface area contributed by atoms with E-state index in [-0.39, 0.29) is 5.84 Å². The van der Waals surface area contributed by atoms with Crippen LogP contribution in [0.4, 0.5) is 0 Å². The van der Waals surface area contributed by atoms with E-state index in [1.54, 1.807) is 0 Å². The lowest BCUT2D eigenvalue weighted by Gasteiger charge is -2.10. The molecule has 0 aliphatic heterocycles. The Hall–Kier alpha value is -1.96. The number of aryl methyl sites for hydroxylation is 2. The van der Waals surface area contributed by atoms with Gasteiger partial charge in [-0.3, -0.25) is 5.41 Å². The summed E-state index contributed by atoms with van der Waals surface area (Å²) in [6, 6.07) is 0. The maximum Gasteiger partial charge on any atom is 0.197 e. The Morgan fingerprint density at radius 2 is 1.84 bits per heavy atom. The van der Waals surface area contributed by atoms with Crippen molar-refractivity contribution in [1.29, 1.82) is 5.41 Å². The molecule has 7 nitrogen and oxygen atoms in total. The van der Waals surface area contributed by atoms with Gasteiger partial charge in [0.15, 0.2) is 5.16 Å². The number of hydrogen-bond acceptors (Lipinski definition) is 6. The standard InChI is InChI=1S/C11H15N7S/c1-5-6(2)14-16-10(8(5)9(12)13)19-11-17-15-7(3)18(11)4/h1-4H3,(H3,12,13). The number of nitrogens with one attached hydrogen (secondary N) is 1. The van der Waals surface area contributed by atoms with E-state index in [1.165, 1.54) is 11.8 Å². The van der Waals surface area contributed by atoms with E-state index in [2.05, 4.69) is 20.4 Å². The van der Waals surface area contributed by atoms with Crippen LogP contribution >= 0.6 is 11.8 Å². The molecule has 3 N–H and O–H groups in total. The van der Waals surface area contributed by atoms with Gasteiger partial charge in [0.2, 0.25) is 0 Å². The van der Waals surface area contributed by atoms with Gasteiger partial charge >= 0.3 is 0 Å². The monoisotopic (exact) mass is 277 g/mol. The minimum Gasteiger partial charge on any atom is -0.384 e. The second kappa shape index (κ2) is 4.96. The lowest BCUT2D eigenvalue weighted by molar-refractivity contribution is 0.761. The van der Waals surface area contributed by atoms with E-state index in [0.717, 1.165) is 17.1 Å². The van der Waals surface area contributed by atoms with Crippen LogP contribution in [-0.4, -0.2) is 30.8 Å². The highest BCUT2D eigenvalue weighted by atomic mass is 32.2. The van der Waals surface area contributed by atoms with Crippen molar-refractivity contribution in [1.82, 2.24) is 25.0 Å². The van der Waals surface area contributed by atoms with Crippen LogP contribution in [0.15, 0.2) is 10.2 Å². The van der Waals surface area contributed by atoms with Crippen LogP contribution in [-0.2, 0) is 7.05 Å². The van der Waals surface area contributed by atoms with E-state index in [9.17, 15) is 0 Å². The van der Waals surface area contributed by atoms with Crippen molar-refractivity contribution in [2.75, 3.05) is 0 Å². The Morgan fingerprint density at radius 3 is 2.37 bits per heavy atom. The van der Waals surface area contributed by atoms with Crippen LogP contribution < -0.4 is 5.73 Å². The molecular weight excluding hydrogens is 262 g/mol. The normalized spacial score (nSPS) is 10.7. The number of nitrogens with zero attached hydrogens (tertiary/aromatic N) is 5. The maximum atomic E-state index is 7.69. The Morgan fingerprint density at radius 1 is 1.16 bits per heavy atom. The summed E-state index contributed by atoms with van der Waals surface area (Å²) in [6.45, 7) is 5.59. The first-order chi connectivity index (χ1) is 8.91. The average Bonchev–Trinajstić information content (AvgIpc) is 2.65. The summed E-state index contributed by atoms with van der Waals surface area (Å²) < 4.78 is 1.85. The molecular formula is C11H15N7S. The second-order valence-electron chi connectivity index (χ2n) is 4.20. The Balaban J connectivity index is 2.49. The van der Waals surface area contributed by atoms with Gasteiger partial charge in [-0.1, -0.05) is 0 Å². The quantitative estimate of drug-likeness (QED) is 0.639. The fourth-order valence-corrected chi connectivity index (χ4v) is 2.51. The molecule has 0 radical (unpaired) electrons. The van der Waals surface area contributed by atoms with Crippen molar-refractivity contribution in [3.8, 4) is 0 Å². The summed E-state index contributed by atoms with van der Waals surface area (Å²) in [6.07, 6.45) is 0. The molecule has 0 aliphatic rings. The molecule has 0 bridgehead atoms. The van der Waals surface area contributed by atoms with Crippen LogP contribution in [0.25, 0.3) is 0 Å². The zero-order valence-electron chi connectivity index (χ0n) is 11.2. The van der Waals surface area contributed by atoms with Gasteiger partial charge in [-0.2, -0.15) is 5.10 Å². The van der Waals surface area contributed by atoms with Gasteiger partial charge in [0.25, 0.3) is 0 Å². The van der Waals surface area contributed by atoms with Crippen molar-refractivity contribution >= 4 is 17.6 Å². The second-order valence-corrected chi connectivity index (χ2v) is 5.15. The molecule has 0 amide bonds. The molecule has 0 aromatic carbocycles. The van der Waals surface area contributed by atoms with E-state index >= 15 is 0 Å². The number of nitrogen functional groups attached to an aromatic ring is 1. The van der Waals surface area contributed by atoms with Crippen molar-refractivity contribution in [3.05, 3.63) is 22.6 Å². The SMILES string of the molecule is Cc1nnc(Sc2nnc(C)n2C)c(C(=N)N)c1C. The molecule has 2 aromatic rings. The summed E-state index contributed by atoms with van der Waals surface area (Å²) >= 11 is 1.31. The van der Waals surface area contributed by atoms with Crippen molar-refractivity contribution in [2.24, 2.45) is 12.8 Å². The van der Waals surface area contributed by atoms with Gasteiger partial charge in [-0.15, -0.1) is 15.3 Å². The Bertz CT molecular complexity index is 647. The van der Waals surface area contributed by atoms with Crippen LogP contribution in [0, 0.1) is 26.2 Å². The molecule has 0 fully saturated rings. The summed E-state index contributed by atoms with van der Waals surface area (Å²) in [5.74, 6) is 0.792. The highest BCUT2D eigenvalue weighted by Crippen LogP contribution is 2.28. The Kier molecular flexibility index (Phi) is 3.52. The van der Waals surface area contributed by atoms with Gasteiger partial charge in [-0.25, -0.2) is 0 Å². The van der Waals surface area contributed by atoms with E-state index in [4.69, 9.17) is 11.1 Å². The van der Waals surface area contributed by atoms with Gasteiger partial charge < -0.3 is 10.3 Å². The highest BCUT2D eigenvalue weighted by molar-refractivity contribution is 7.99. The molecule has 0 atom stereocenters. The number of rotatable bonds is 3. The predicted molar refractivity (Wildman–Crippen MR) is 72.4 cm³/mol. The molecule has 0 aliphatic carbocycles. The number of amidine groups is 1. The summed E-state index contributed by atoms with van der Waals surface area (Å²) in [7, 11) is 1.87. The molecule has 2 aromatic heterocycles. The Labute approximate surface area is 115 Å². The molecule has 19 heavy (non-hydrogen) atoms. The van der Waals surface area contributed by atoms with Gasteiger partial charge in [0.05, 0.1) is 11.3 Å². The van der Waals surface area contributed by atoms with Crippen LogP contribution in [0.3, 0.4) is 0 Å². The largest absolute Gasteiger partial charge is 0.384 e. The molecule has 8 heteroatoms. The first-order valence-electron chi connectivity index (χ1n) is 5.64. The molecule has 0 spiro atoms. The summed E-state index contributed by atoms with van der Waals surface area (Å²) in [5, 5.41) is 25.2. The number of nitrogens with two attached hydrogens (primary N) is 1. The van der Waals surface area contributed by atoms with Gasteiger partial charge in [-0.05, 0) is 38.1 Å². The smallest absolute Gasteiger partial charge is 0.197 e. The first-order valence-corrected chi connectivity index (χ1v) is 6.45. The van der Waals surface area contributed by atoms with Crippen LogP contribution in [0.2, 0.25) is 0 Å². The fraction of sp³-hybridized carbons (Fsp3) is 0.364. The van der Waals surface area contributed by atoms with Gasteiger partial charge in [0.1, 0.15) is 16.7 Å². The van der Waals surface area contributed by atoms with E-state index < -0.39 is 0 Å². The summed E-state index contributed by atoms with van der Waals surface area (Å²) in [5.41, 5.74) is 7.88. The lowest BCUT2D eigenvalue weighted by atomic mass is 10.1. The van der Waals surface area contributed by atoms with E-state index in [1.807, 2.05) is 32.4 Å². The molecule has 100 valence electrons. The topological polar surface area (TPSA) is 106 Å². The molecule has 0 saturated heterocycles. The molecule has 0 unspecified atom stereocenters. The lowest BCUT2D eigenvalue weighted by Crippen LogP contribution is -2.17. The molecule has 2 rings (SSSR count). The van der Waals surface area contributed by atoms with Crippen molar-refractivity contribution in [3.63, 3.8) is 0 Å². The van der Waals surface area contributed by atoms with Crippen molar-refractivity contribution < 1.29 is 0 Å². The van der Waals surface area contributed by atoms with Crippen LogP contribution in [0.5, 0.6) is 0 Å². The third-order valence-corrected chi connectivity index (χ3v) is 3.95. The zero-order chi connectivity index (χ0) is 14.2. The van der Waals surface area contributed by atoms with E-state index in [0.29, 0.717) is 15.7 Å². The fourth-order valence-electron chi connectivity index (χ4n) is 1.54. The molecule has 2 heterocycles. The highest BCUT2D eigenvalue weighted by Gasteiger charge is 2.17. The van der Waals surface area contributed by atoms with Gasteiger partial charge in [0, 0.05) is 7.05 Å². The maximum absolute atomic E-state index is 7.69. The third kappa shape index (κ3) is 2.43. The van der Waals surface area contributed by atoms with Crippen LogP contribution in [0.1, 0.15) is 22.6 Å². The minimum absolute atomic E-state index is 0.0168. The zero-order valence-corrected chi connectivity index (χ0v) is 12.0. The number of aromatic nitrogens is 5. The summed E-state index contributed by atoms with van der Waals surface area (Å²) in [4.78, 5) is 0. The third-order valence-electron chi connectivity index (χ3n) is 2.93. The number of hydrogen-bond donors (Lipinski definition) is 2. The van der Waals surface area contributed by atoms with Crippen molar-refractivity contribution in [2.45, 2.75) is 31.0 Å². The minimum atomic E-state index is -0.0168. The first kappa shape index (κ1) is 13.5.